The molecule has 1 heterocycles. The lowest BCUT2D eigenvalue weighted by molar-refractivity contribution is 0.0953. The standard InChI is InChI=1S/C14H11ClOS/c1-8-6-12(17-14(8)15)13(16)11-7-9-4-2-3-5-10(9)11/h2-6,11H,7H2,1H3. The molecule has 1 aromatic heterocycles. The van der Waals surface area contributed by atoms with Gasteiger partial charge in [-0.2, -0.15) is 0 Å². The molecule has 3 heteroatoms. The van der Waals surface area contributed by atoms with Crippen LogP contribution >= 0.6 is 22.9 Å². The van der Waals surface area contributed by atoms with E-state index in [9.17, 15) is 4.79 Å². The second-order valence-corrected chi connectivity index (χ2v) is 6.04. The van der Waals surface area contributed by atoms with Crippen LogP contribution in [0.3, 0.4) is 0 Å². The number of rotatable bonds is 2. The SMILES string of the molecule is Cc1cc(C(=O)C2Cc3ccccc32)sc1Cl. The first-order chi connectivity index (χ1) is 8.16. The fraction of sp³-hybridized carbons (Fsp3) is 0.214. The summed E-state index contributed by atoms with van der Waals surface area (Å²) in [5, 5.41) is 0. The van der Waals surface area contributed by atoms with Gasteiger partial charge in [-0.25, -0.2) is 0 Å². The molecule has 0 spiro atoms. The van der Waals surface area contributed by atoms with Crippen molar-refractivity contribution in [3.8, 4) is 0 Å². The number of ketones is 1. The normalized spacial score (nSPS) is 17.4. The maximum absolute atomic E-state index is 12.3. The van der Waals surface area contributed by atoms with Gasteiger partial charge >= 0.3 is 0 Å². The van der Waals surface area contributed by atoms with Crippen molar-refractivity contribution in [3.63, 3.8) is 0 Å². The Hall–Kier alpha value is -1.12. The van der Waals surface area contributed by atoms with Crippen LogP contribution in [0.25, 0.3) is 0 Å². The zero-order chi connectivity index (χ0) is 12.0. The lowest BCUT2D eigenvalue weighted by atomic mass is 9.75. The Kier molecular flexibility index (Phi) is 2.57. The summed E-state index contributed by atoms with van der Waals surface area (Å²) in [5.74, 6) is 0.254. The number of carbonyl (C=O) groups excluding carboxylic acids is 1. The number of halogens is 1. The van der Waals surface area contributed by atoms with Crippen LogP contribution in [0.1, 0.15) is 32.3 Å². The van der Waals surface area contributed by atoms with E-state index in [1.54, 1.807) is 0 Å². The van der Waals surface area contributed by atoms with E-state index in [0.29, 0.717) is 0 Å². The molecule has 1 unspecified atom stereocenters. The van der Waals surface area contributed by atoms with E-state index >= 15 is 0 Å². The van der Waals surface area contributed by atoms with E-state index in [-0.39, 0.29) is 11.7 Å². The molecule has 86 valence electrons. The van der Waals surface area contributed by atoms with Gasteiger partial charge in [0.05, 0.1) is 15.1 Å². The van der Waals surface area contributed by atoms with Gasteiger partial charge < -0.3 is 0 Å². The van der Waals surface area contributed by atoms with E-state index in [4.69, 9.17) is 11.6 Å². The van der Waals surface area contributed by atoms with Gasteiger partial charge in [-0.15, -0.1) is 11.3 Å². The quantitative estimate of drug-likeness (QED) is 0.740. The predicted octanol–water partition coefficient (Wildman–Crippen LogP) is 4.23. The number of hydrogen-bond donors (Lipinski definition) is 0. The molecule has 1 atom stereocenters. The van der Waals surface area contributed by atoms with Crippen LogP contribution in [0.2, 0.25) is 4.34 Å². The van der Waals surface area contributed by atoms with Gasteiger partial charge in [0.25, 0.3) is 0 Å². The van der Waals surface area contributed by atoms with E-state index < -0.39 is 0 Å². The summed E-state index contributed by atoms with van der Waals surface area (Å²) in [4.78, 5) is 13.1. The number of thiophene rings is 1. The second-order valence-electron chi connectivity index (χ2n) is 4.39. The molecule has 0 N–H and O–H groups in total. The molecule has 2 aromatic rings. The molecule has 0 saturated heterocycles. The topological polar surface area (TPSA) is 17.1 Å². The molecule has 0 aliphatic heterocycles. The Labute approximate surface area is 109 Å². The van der Waals surface area contributed by atoms with Crippen LogP contribution in [0, 0.1) is 6.92 Å². The minimum atomic E-state index is 0.0420. The number of Topliss-reactive ketones (excluding diaryl/α,β-unsaturated/α-hetero) is 1. The summed E-state index contributed by atoms with van der Waals surface area (Å²) in [6.07, 6.45) is 0.865. The molecule has 0 amide bonds. The number of fused-ring (bicyclic) bond motifs is 1. The Bertz CT molecular complexity index is 581. The zero-order valence-corrected chi connectivity index (χ0v) is 10.9. The highest BCUT2D eigenvalue weighted by molar-refractivity contribution is 7.18. The Morgan fingerprint density at radius 2 is 2.18 bits per heavy atom. The molecule has 0 saturated carbocycles. The molecule has 1 aliphatic carbocycles. The van der Waals surface area contributed by atoms with Crippen molar-refractivity contribution in [2.24, 2.45) is 0 Å². The van der Waals surface area contributed by atoms with Crippen molar-refractivity contribution in [2.75, 3.05) is 0 Å². The summed E-state index contributed by atoms with van der Waals surface area (Å²) in [6.45, 7) is 1.93. The van der Waals surface area contributed by atoms with Gasteiger partial charge in [0.1, 0.15) is 0 Å². The lowest BCUT2D eigenvalue weighted by Gasteiger charge is -2.28. The predicted molar refractivity (Wildman–Crippen MR) is 71.3 cm³/mol. The number of benzene rings is 1. The average molecular weight is 263 g/mol. The van der Waals surface area contributed by atoms with Crippen LogP contribution in [-0.4, -0.2) is 5.78 Å². The highest BCUT2D eigenvalue weighted by Gasteiger charge is 2.33. The van der Waals surface area contributed by atoms with Crippen molar-refractivity contribution >= 4 is 28.7 Å². The van der Waals surface area contributed by atoms with E-state index in [2.05, 4.69) is 6.07 Å². The van der Waals surface area contributed by atoms with Gasteiger partial charge in [0.2, 0.25) is 0 Å². The van der Waals surface area contributed by atoms with Gasteiger partial charge in [0.15, 0.2) is 5.78 Å². The van der Waals surface area contributed by atoms with Crippen LogP contribution in [0.4, 0.5) is 0 Å². The molecule has 0 bridgehead atoms. The first-order valence-corrected chi connectivity index (χ1v) is 6.74. The maximum atomic E-state index is 12.3. The molecule has 1 aromatic carbocycles. The van der Waals surface area contributed by atoms with Crippen LogP contribution < -0.4 is 0 Å². The lowest BCUT2D eigenvalue weighted by Crippen LogP contribution is -2.24. The Balaban J connectivity index is 1.91. The van der Waals surface area contributed by atoms with E-state index in [1.165, 1.54) is 22.5 Å². The summed E-state index contributed by atoms with van der Waals surface area (Å²) in [5.41, 5.74) is 3.47. The minimum Gasteiger partial charge on any atom is -0.293 e. The number of carbonyl (C=O) groups is 1. The van der Waals surface area contributed by atoms with E-state index in [1.807, 2.05) is 31.2 Å². The fourth-order valence-corrected chi connectivity index (χ4v) is 3.44. The summed E-state index contributed by atoms with van der Waals surface area (Å²) in [6, 6.07) is 10.0. The van der Waals surface area contributed by atoms with Crippen LogP contribution in [0.15, 0.2) is 30.3 Å². The zero-order valence-electron chi connectivity index (χ0n) is 9.37. The molecule has 0 radical (unpaired) electrons. The number of aryl methyl sites for hydroxylation is 1. The third kappa shape index (κ3) is 1.72. The van der Waals surface area contributed by atoms with Gasteiger partial charge in [-0.3, -0.25) is 4.79 Å². The fourth-order valence-electron chi connectivity index (χ4n) is 2.25. The van der Waals surface area contributed by atoms with Gasteiger partial charge in [0, 0.05) is 0 Å². The molecule has 1 nitrogen and oxygen atoms in total. The first-order valence-electron chi connectivity index (χ1n) is 5.55. The largest absolute Gasteiger partial charge is 0.293 e. The van der Waals surface area contributed by atoms with E-state index in [0.717, 1.165) is 21.2 Å². The third-order valence-electron chi connectivity index (χ3n) is 3.27. The number of hydrogen-bond acceptors (Lipinski definition) is 2. The Morgan fingerprint density at radius 1 is 1.41 bits per heavy atom. The Morgan fingerprint density at radius 3 is 2.82 bits per heavy atom. The second kappa shape index (κ2) is 3.97. The van der Waals surface area contributed by atoms with Crippen molar-refractivity contribution in [1.29, 1.82) is 0 Å². The van der Waals surface area contributed by atoms with Crippen molar-refractivity contribution in [3.05, 3.63) is 56.2 Å². The summed E-state index contributed by atoms with van der Waals surface area (Å²) in [7, 11) is 0. The summed E-state index contributed by atoms with van der Waals surface area (Å²) >= 11 is 7.40. The minimum absolute atomic E-state index is 0.0420. The van der Waals surface area contributed by atoms with Gasteiger partial charge in [-0.1, -0.05) is 35.9 Å². The highest BCUT2D eigenvalue weighted by Crippen LogP contribution is 2.39. The average Bonchev–Trinajstić information content (AvgIpc) is 2.61. The molecule has 17 heavy (non-hydrogen) atoms. The van der Waals surface area contributed by atoms with Crippen LogP contribution in [0.5, 0.6) is 0 Å². The van der Waals surface area contributed by atoms with Crippen molar-refractivity contribution in [1.82, 2.24) is 0 Å². The molecular weight excluding hydrogens is 252 g/mol. The third-order valence-corrected chi connectivity index (χ3v) is 4.84. The van der Waals surface area contributed by atoms with Crippen molar-refractivity contribution < 1.29 is 4.79 Å². The maximum Gasteiger partial charge on any atom is 0.180 e. The smallest absolute Gasteiger partial charge is 0.180 e. The first kappa shape index (κ1) is 11.0. The van der Waals surface area contributed by atoms with Crippen molar-refractivity contribution in [2.45, 2.75) is 19.3 Å². The van der Waals surface area contributed by atoms with Gasteiger partial charge in [-0.05, 0) is 36.1 Å². The van der Waals surface area contributed by atoms with Crippen LogP contribution in [-0.2, 0) is 6.42 Å². The monoisotopic (exact) mass is 262 g/mol. The molecule has 0 fully saturated rings. The molecule has 1 aliphatic rings. The molecule has 3 rings (SSSR count). The molecular formula is C14H11ClOS. The highest BCUT2D eigenvalue weighted by atomic mass is 35.5. The summed E-state index contributed by atoms with van der Waals surface area (Å²) < 4.78 is 0.723.